The third-order valence-electron chi connectivity index (χ3n) is 4.10. The Morgan fingerprint density at radius 3 is 2.81 bits per heavy atom. The topological polar surface area (TPSA) is 52.6 Å². The van der Waals surface area contributed by atoms with E-state index < -0.39 is 5.60 Å². The maximum atomic E-state index is 12.0. The summed E-state index contributed by atoms with van der Waals surface area (Å²) in [6.45, 7) is 4.68. The van der Waals surface area contributed by atoms with Crippen molar-refractivity contribution in [2.45, 2.75) is 38.2 Å². The number of aliphatic hydroxyl groups is 1. The monoisotopic (exact) mass is 290 g/mol. The van der Waals surface area contributed by atoms with E-state index in [4.69, 9.17) is 0 Å². The summed E-state index contributed by atoms with van der Waals surface area (Å²) in [7, 11) is 0. The number of benzene rings is 1. The molecule has 0 aliphatic carbocycles. The van der Waals surface area contributed by atoms with Gasteiger partial charge in [-0.2, -0.15) is 0 Å². The summed E-state index contributed by atoms with van der Waals surface area (Å²) >= 11 is 0. The number of nitrogens with zero attached hydrogens (tertiary/aromatic N) is 1. The van der Waals surface area contributed by atoms with Crippen LogP contribution in [-0.4, -0.2) is 47.7 Å². The van der Waals surface area contributed by atoms with Crippen LogP contribution in [0.2, 0.25) is 0 Å². The van der Waals surface area contributed by atoms with Crippen LogP contribution in [0.25, 0.3) is 0 Å². The molecule has 1 saturated heterocycles. The van der Waals surface area contributed by atoms with Gasteiger partial charge in [0.2, 0.25) is 5.91 Å². The first-order chi connectivity index (χ1) is 10.1. The lowest BCUT2D eigenvalue weighted by atomic mass is 9.98. The minimum absolute atomic E-state index is 0.0764. The van der Waals surface area contributed by atoms with Crippen molar-refractivity contribution in [2.75, 3.05) is 26.2 Å². The van der Waals surface area contributed by atoms with E-state index in [0.29, 0.717) is 13.1 Å². The van der Waals surface area contributed by atoms with Gasteiger partial charge in [-0.25, -0.2) is 0 Å². The third-order valence-corrected chi connectivity index (χ3v) is 4.10. The highest BCUT2D eigenvalue weighted by Gasteiger charge is 2.25. The van der Waals surface area contributed by atoms with Gasteiger partial charge in [0.05, 0.1) is 12.1 Å². The number of rotatable bonds is 5. The van der Waals surface area contributed by atoms with Crippen molar-refractivity contribution in [2.24, 2.45) is 0 Å². The molecular weight excluding hydrogens is 264 g/mol. The molecule has 1 amide bonds. The Morgan fingerprint density at radius 1 is 1.29 bits per heavy atom. The highest BCUT2D eigenvalue weighted by Crippen LogP contribution is 2.20. The lowest BCUT2D eigenvalue weighted by molar-refractivity contribution is -0.122. The van der Waals surface area contributed by atoms with Crippen LogP contribution < -0.4 is 5.32 Å². The number of amides is 1. The van der Waals surface area contributed by atoms with Gasteiger partial charge in [-0.05, 0) is 44.7 Å². The molecule has 1 aromatic carbocycles. The van der Waals surface area contributed by atoms with Crippen molar-refractivity contribution >= 4 is 5.91 Å². The fourth-order valence-corrected chi connectivity index (χ4v) is 2.73. The quantitative estimate of drug-likeness (QED) is 0.866. The Hall–Kier alpha value is -1.39. The van der Waals surface area contributed by atoms with Crippen LogP contribution in [-0.2, 0) is 11.2 Å². The molecule has 2 N–H and O–H groups in total. The Balaban J connectivity index is 1.67. The van der Waals surface area contributed by atoms with Gasteiger partial charge in [-0.3, -0.25) is 9.69 Å². The van der Waals surface area contributed by atoms with E-state index in [0.717, 1.165) is 38.8 Å². The molecule has 0 saturated carbocycles. The van der Waals surface area contributed by atoms with E-state index in [2.05, 4.69) is 22.3 Å². The number of hydrogen-bond acceptors (Lipinski definition) is 3. The normalized spacial score (nSPS) is 23.5. The molecule has 0 radical (unpaired) electrons. The Morgan fingerprint density at radius 2 is 2.05 bits per heavy atom. The molecule has 1 heterocycles. The van der Waals surface area contributed by atoms with Gasteiger partial charge >= 0.3 is 0 Å². The second-order valence-corrected chi connectivity index (χ2v) is 6.21. The maximum Gasteiger partial charge on any atom is 0.234 e. The molecule has 21 heavy (non-hydrogen) atoms. The van der Waals surface area contributed by atoms with Crippen LogP contribution in [0.3, 0.4) is 0 Å². The molecule has 2 rings (SSSR count). The number of hydrogen-bond donors (Lipinski definition) is 2. The third kappa shape index (κ3) is 5.86. The maximum absolute atomic E-state index is 12.0. The molecule has 4 nitrogen and oxygen atoms in total. The van der Waals surface area contributed by atoms with Crippen LogP contribution in [0.4, 0.5) is 0 Å². The van der Waals surface area contributed by atoms with E-state index in [-0.39, 0.29) is 5.91 Å². The smallest absolute Gasteiger partial charge is 0.234 e. The van der Waals surface area contributed by atoms with Gasteiger partial charge < -0.3 is 10.4 Å². The molecule has 1 aliphatic heterocycles. The average Bonchev–Trinajstić information content (AvgIpc) is 2.61. The molecule has 4 heteroatoms. The van der Waals surface area contributed by atoms with E-state index in [1.54, 1.807) is 0 Å². The zero-order chi connectivity index (χ0) is 15.1. The molecule has 0 aromatic heterocycles. The highest BCUT2D eigenvalue weighted by molar-refractivity contribution is 5.78. The van der Waals surface area contributed by atoms with Gasteiger partial charge in [0.1, 0.15) is 0 Å². The largest absolute Gasteiger partial charge is 0.390 e. The van der Waals surface area contributed by atoms with Gasteiger partial charge in [0, 0.05) is 13.1 Å². The standard InChI is InChI=1S/C17H26N2O2/c1-17(21)9-5-12-19(13-10-17)14-16(20)18-11-8-15-6-3-2-4-7-15/h2-4,6-7,21H,5,8-14H2,1H3,(H,18,20). The highest BCUT2D eigenvalue weighted by atomic mass is 16.3. The first-order valence-electron chi connectivity index (χ1n) is 7.80. The summed E-state index contributed by atoms with van der Waals surface area (Å²) in [5, 5.41) is 13.0. The lowest BCUT2D eigenvalue weighted by Crippen LogP contribution is -2.39. The summed E-state index contributed by atoms with van der Waals surface area (Å²) in [6.07, 6.45) is 3.37. The molecule has 0 bridgehead atoms. The summed E-state index contributed by atoms with van der Waals surface area (Å²) in [5.74, 6) is 0.0764. The van der Waals surface area contributed by atoms with Crippen molar-refractivity contribution in [3.63, 3.8) is 0 Å². The summed E-state index contributed by atoms with van der Waals surface area (Å²) in [6, 6.07) is 10.2. The summed E-state index contributed by atoms with van der Waals surface area (Å²) < 4.78 is 0. The van der Waals surface area contributed by atoms with Gasteiger partial charge in [0.25, 0.3) is 0 Å². The van der Waals surface area contributed by atoms with Crippen LogP contribution in [0.5, 0.6) is 0 Å². The second-order valence-electron chi connectivity index (χ2n) is 6.21. The van der Waals surface area contributed by atoms with E-state index >= 15 is 0 Å². The van der Waals surface area contributed by atoms with Crippen molar-refractivity contribution < 1.29 is 9.90 Å². The van der Waals surface area contributed by atoms with Crippen molar-refractivity contribution in [3.8, 4) is 0 Å². The van der Waals surface area contributed by atoms with E-state index in [1.165, 1.54) is 5.56 Å². The predicted octanol–water partition coefficient (Wildman–Crippen LogP) is 1.58. The summed E-state index contributed by atoms with van der Waals surface area (Å²) in [4.78, 5) is 14.1. The molecular formula is C17H26N2O2. The summed E-state index contributed by atoms with van der Waals surface area (Å²) in [5.41, 5.74) is 0.669. The van der Waals surface area contributed by atoms with E-state index in [9.17, 15) is 9.90 Å². The molecule has 1 aliphatic rings. The van der Waals surface area contributed by atoms with Gasteiger partial charge in [-0.15, -0.1) is 0 Å². The Bertz CT molecular complexity index is 445. The molecule has 1 atom stereocenters. The average molecular weight is 290 g/mol. The van der Waals surface area contributed by atoms with Crippen molar-refractivity contribution in [3.05, 3.63) is 35.9 Å². The predicted molar refractivity (Wildman–Crippen MR) is 84.1 cm³/mol. The van der Waals surface area contributed by atoms with Crippen molar-refractivity contribution in [1.29, 1.82) is 0 Å². The Labute approximate surface area is 127 Å². The minimum atomic E-state index is -0.571. The van der Waals surface area contributed by atoms with Crippen LogP contribution in [0.15, 0.2) is 30.3 Å². The molecule has 0 spiro atoms. The van der Waals surface area contributed by atoms with Crippen LogP contribution in [0, 0.1) is 0 Å². The zero-order valence-corrected chi connectivity index (χ0v) is 12.8. The SMILES string of the molecule is CC1(O)CCCN(CC(=O)NCCc2ccccc2)CC1. The lowest BCUT2D eigenvalue weighted by Gasteiger charge is -2.22. The second kappa shape index (κ2) is 7.57. The number of carbonyl (C=O) groups excluding carboxylic acids is 1. The van der Waals surface area contributed by atoms with Gasteiger partial charge in [-0.1, -0.05) is 30.3 Å². The molecule has 1 fully saturated rings. The minimum Gasteiger partial charge on any atom is -0.390 e. The zero-order valence-electron chi connectivity index (χ0n) is 12.8. The first kappa shape index (κ1) is 16.0. The van der Waals surface area contributed by atoms with Gasteiger partial charge in [0.15, 0.2) is 0 Å². The van der Waals surface area contributed by atoms with Crippen molar-refractivity contribution in [1.82, 2.24) is 10.2 Å². The molecule has 1 aromatic rings. The fourth-order valence-electron chi connectivity index (χ4n) is 2.73. The molecule has 1 unspecified atom stereocenters. The van der Waals surface area contributed by atoms with E-state index in [1.807, 2.05) is 25.1 Å². The number of nitrogens with one attached hydrogen (secondary N) is 1. The van der Waals surface area contributed by atoms with Crippen LogP contribution >= 0.6 is 0 Å². The Kier molecular flexibility index (Phi) is 5.76. The fraction of sp³-hybridized carbons (Fsp3) is 0.588. The number of carbonyl (C=O) groups is 1. The first-order valence-corrected chi connectivity index (χ1v) is 7.80. The van der Waals surface area contributed by atoms with Crippen LogP contribution in [0.1, 0.15) is 31.7 Å². The molecule has 116 valence electrons. The number of likely N-dealkylation sites (tertiary alicyclic amines) is 1.